The van der Waals surface area contributed by atoms with Gasteiger partial charge in [-0.3, -0.25) is 9.59 Å². The molecule has 2 aliphatic carbocycles. The molecule has 5 nitrogen and oxygen atoms in total. The molecule has 5 heteroatoms. The van der Waals surface area contributed by atoms with Gasteiger partial charge in [0.25, 0.3) is 0 Å². The zero-order valence-corrected chi connectivity index (χ0v) is 14.8. The average molecular weight is 356 g/mol. The van der Waals surface area contributed by atoms with Crippen molar-refractivity contribution in [2.75, 3.05) is 0 Å². The summed E-state index contributed by atoms with van der Waals surface area (Å²) in [6.07, 6.45) is 3.34. The molecule has 1 aromatic carbocycles. The minimum Gasteiger partial charge on any atom is -0.462 e. The second-order valence-electron chi connectivity index (χ2n) is 7.58. The van der Waals surface area contributed by atoms with Crippen LogP contribution in [0.2, 0.25) is 0 Å². The van der Waals surface area contributed by atoms with Crippen molar-refractivity contribution < 1.29 is 24.2 Å². The summed E-state index contributed by atoms with van der Waals surface area (Å²) in [6.45, 7) is 2.06. The standard InChI is InChI=1S/C21H24O5/c1-12-18-16(20(23)26-12)10-15-14(8-5-9-17(15)22)19(18)21(24)25-11-13-6-3-2-4-7-13/h2-4,6-7,10,12,14,16-19,22H,5,8-9,11H2,1H3/t12-,14?,16?,17?,18?,19?/m1/s1. The van der Waals surface area contributed by atoms with E-state index in [0.29, 0.717) is 6.42 Å². The Balaban J connectivity index is 1.60. The topological polar surface area (TPSA) is 72.8 Å². The van der Waals surface area contributed by atoms with Gasteiger partial charge in [0.1, 0.15) is 12.7 Å². The Bertz CT molecular complexity index is 725. The van der Waals surface area contributed by atoms with Crippen LogP contribution in [0.5, 0.6) is 0 Å². The Morgan fingerprint density at radius 1 is 1.27 bits per heavy atom. The SMILES string of the molecule is C[C@H]1OC(=O)C2C=C3C(O)CCCC3C(C(=O)OCc3ccccc3)C21. The number of ether oxygens (including phenoxy) is 2. The minimum absolute atomic E-state index is 0.0692. The summed E-state index contributed by atoms with van der Waals surface area (Å²) < 4.78 is 11.0. The molecule has 4 rings (SSSR count). The van der Waals surface area contributed by atoms with E-state index in [9.17, 15) is 14.7 Å². The van der Waals surface area contributed by atoms with Gasteiger partial charge in [-0.05, 0) is 43.2 Å². The molecular weight excluding hydrogens is 332 g/mol. The quantitative estimate of drug-likeness (QED) is 0.666. The number of carbonyl (C=O) groups is 2. The molecule has 0 amide bonds. The number of fused-ring (bicyclic) bond motifs is 2. The molecule has 1 saturated carbocycles. The summed E-state index contributed by atoms with van der Waals surface area (Å²) in [6, 6.07) is 9.56. The number of carbonyl (C=O) groups excluding carboxylic acids is 2. The molecule has 0 bridgehead atoms. The summed E-state index contributed by atoms with van der Waals surface area (Å²) in [4.78, 5) is 25.3. The molecule has 26 heavy (non-hydrogen) atoms. The molecule has 1 saturated heterocycles. The lowest BCUT2D eigenvalue weighted by atomic mass is 9.62. The van der Waals surface area contributed by atoms with Crippen LogP contribution in [0.3, 0.4) is 0 Å². The molecule has 6 atom stereocenters. The highest BCUT2D eigenvalue weighted by Gasteiger charge is 2.55. The number of aliphatic hydroxyl groups excluding tert-OH is 1. The van der Waals surface area contributed by atoms with Crippen molar-refractivity contribution in [2.24, 2.45) is 23.7 Å². The van der Waals surface area contributed by atoms with Gasteiger partial charge in [-0.1, -0.05) is 36.4 Å². The summed E-state index contributed by atoms with van der Waals surface area (Å²) in [7, 11) is 0. The second kappa shape index (κ2) is 6.88. The molecule has 0 spiro atoms. The fourth-order valence-corrected chi connectivity index (χ4v) is 4.84. The predicted molar refractivity (Wildman–Crippen MR) is 93.7 cm³/mol. The van der Waals surface area contributed by atoms with E-state index in [0.717, 1.165) is 24.0 Å². The second-order valence-corrected chi connectivity index (χ2v) is 7.58. The molecule has 2 fully saturated rings. The van der Waals surface area contributed by atoms with Crippen LogP contribution in [-0.4, -0.2) is 29.3 Å². The summed E-state index contributed by atoms with van der Waals surface area (Å²) in [5, 5.41) is 10.4. The first-order valence-electron chi connectivity index (χ1n) is 9.37. The number of esters is 2. The van der Waals surface area contributed by atoms with Crippen LogP contribution in [0.4, 0.5) is 0 Å². The zero-order chi connectivity index (χ0) is 18.3. The normalized spacial score (nSPS) is 35.8. The van der Waals surface area contributed by atoms with Crippen molar-refractivity contribution >= 4 is 11.9 Å². The molecule has 1 heterocycles. The van der Waals surface area contributed by atoms with Crippen LogP contribution in [-0.2, 0) is 25.7 Å². The number of hydrogen-bond donors (Lipinski definition) is 1. The Morgan fingerprint density at radius 2 is 2.04 bits per heavy atom. The highest BCUT2D eigenvalue weighted by atomic mass is 16.6. The maximum Gasteiger partial charge on any atom is 0.313 e. The number of cyclic esters (lactones) is 1. The van der Waals surface area contributed by atoms with E-state index >= 15 is 0 Å². The molecule has 0 aromatic heterocycles. The largest absolute Gasteiger partial charge is 0.462 e. The van der Waals surface area contributed by atoms with Gasteiger partial charge in [-0.15, -0.1) is 0 Å². The first-order valence-corrected chi connectivity index (χ1v) is 9.37. The van der Waals surface area contributed by atoms with Crippen LogP contribution in [0, 0.1) is 23.7 Å². The van der Waals surface area contributed by atoms with Crippen LogP contribution in [0.1, 0.15) is 31.7 Å². The van der Waals surface area contributed by atoms with E-state index in [1.807, 2.05) is 43.3 Å². The van der Waals surface area contributed by atoms with Crippen LogP contribution in [0.15, 0.2) is 42.0 Å². The van der Waals surface area contributed by atoms with Crippen molar-refractivity contribution in [3.05, 3.63) is 47.5 Å². The van der Waals surface area contributed by atoms with Gasteiger partial charge in [-0.2, -0.15) is 0 Å². The zero-order valence-electron chi connectivity index (χ0n) is 14.8. The lowest BCUT2D eigenvalue weighted by molar-refractivity contribution is -0.156. The monoisotopic (exact) mass is 356 g/mol. The Labute approximate surface area is 153 Å². The van der Waals surface area contributed by atoms with E-state index in [4.69, 9.17) is 9.47 Å². The van der Waals surface area contributed by atoms with Gasteiger partial charge in [-0.25, -0.2) is 0 Å². The van der Waals surface area contributed by atoms with Crippen molar-refractivity contribution in [1.82, 2.24) is 0 Å². The number of rotatable bonds is 3. The summed E-state index contributed by atoms with van der Waals surface area (Å²) in [5.74, 6) is -1.78. The molecule has 138 valence electrons. The maximum atomic E-state index is 13.0. The van der Waals surface area contributed by atoms with Crippen molar-refractivity contribution in [1.29, 1.82) is 0 Å². The van der Waals surface area contributed by atoms with Crippen molar-refractivity contribution in [3.8, 4) is 0 Å². The molecule has 1 aromatic rings. The fraction of sp³-hybridized carbons (Fsp3) is 0.524. The van der Waals surface area contributed by atoms with Crippen LogP contribution < -0.4 is 0 Å². The average Bonchev–Trinajstić information content (AvgIpc) is 2.93. The predicted octanol–water partition coefficient (Wildman–Crippen LogP) is 2.62. The Kier molecular flexibility index (Phi) is 4.57. The molecular formula is C21H24O5. The van der Waals surface area contributed by atoms with Gasteiger partial charge >= 0.3 is 11.9 Å². The number of hydrogen-bond acceptors (Lipinski definition) is 5. The summed E-state index contributed by atoms with van der Waals surface area (Å²) >= 11 is 0. The third-order valence-corrected chi connectivity index (χ3v) is 6.05. The molecule has 5 unspecified atom stereocenters. The van der Waals surface area contributed by atoms with Gasteiger partial charge in [0.15, 0.2) is 0 Å². The lowest BCUT2D eigenvalue weighted by Gasteiger charge is -2.41. The molecule has 1 N–H and O–H groups in total. The van der Waals surface area contributed by atoms with Gasteiger partial charge in [0.2, 0.25) is 0 Å². The van der Waals surface area contributed by atoms with E-state index < -0.39 is 17.9 Å². The van der Waals surface area contributed by atoms with E-state index in [1.165, 1.54) is 0 Å². The third kappa shape index (κ3) is 2.94. The molecule has 1 aliphatic heterocycles. The fourth-order valence-electron chi connectivity index (χ4n) is 4.84. The third-order valence-electron chi connectivity index (χ3n) is 6.05. The number of benzene rings is 1. The highest BCUT2D eigenvalue weighted by Crippen LogP contribution is 2.50. The van der Waals surface area contributed by atoms with Crippen LogP contribution >= 0.6 is 0 Å². The Morgan fingerprint density at radius 3 is 2.81 bits per heavy atom. The number of aliphatic hydroxyl groups is 1. The van der Waals surface area contributed by atoms with Crippen molar-refractivity contribution in [2.45, 2.75) is 45.0 Å². The highest BCUT2D eigenvalue weighted by molar-refractivity contribution is 5.82. The van der Waals surface area contributed by atoms with E-state index in [2.05, 4.69) is 0 Å². The van der Waals surface area contributed by atoms with Crippen molar-refractivity contribution in [3.63, 3.8) is 0 Å². The van der Waals surface area contributed by atoms with Gasteiger partial charge in [0, 0.05) is 5.92 Å². The minimum atomic E-state index is -0.581. The van der Waals surface area contributed by atoms with Gasteiger partial charge < -0.3 is 14.6 Å². The molecule has 0 radical (unpaired) electrons. The van der Waals surface area contributed by atoms with E-state index in [1.54, 1.807) is 0 Å². The van der Waals surface area contributed by atoms with Crippen LogP contribution in [0.25, 0.3) is 0 Å². The first-order chi connectivity index (χ1) is 12.6. The maximum absolute atomic E-state index is 13.0. The lowest BCUT2D eigenvalue weighted by Crippen LogP contribution is -2.45. The smallest absolute Gasteiger partial charge is 0.313 e. The van der Waals surface area contributed by atoms with E-state index in [-0.39, 0.29) is 36.5 Å². The Hall–Kier alpha value is -2.14. The molecule has 3 aliphatic rings. The van der Waals surface area contributed by atoms with Gasteiger partial charge in [0.05, 0.1) is 17.9 Å². The summed E-state index contributed by atoms with van der Waals surface area (Å²) in [5.41, 5.74) is 1.75. The first kappa shape index (κ1) is 17.3.